The minimum Gasteiger partial charge on any atom is -0.297 e. The van der Waals surface area contributed by atoms with E-state index < -0.39 is 11.3 Å². The Hall–Kier alpha value is -1.14. The van der Waals surface area contributed by atoms with Crippen LogP contribution in [0.1, 0.15) is 32.3 Å². The quantitative estimate of drug-likeness (QED) is 0.829. The molecule has 1 atom stereocenters. The number of carbonyl (C=O) groups is 1. The molecule has 3 heteroatoms. The third-order valence-electron chi connectivity index (χ3n) is 2.31. The van der Waals surface area contributed by atoms with Crippen LogP contribution >= 0.6 is 15.9 Å². The summed E-state index contributed by atoms with van der Waals surface area (Å²) >= 11 is 3.34. The summed E-state index contributed by atoms with van der Waals surface area (Å²) in [6.07, 6.45) is 0. The van der Waals surface area contributed by atoms with Crippen LogP contribution in [0.5, 0.6) is 0 Å². The summed E-state index contributed by atoms with van der Waals surface area (Å²) in [5, 5.41) is 9.12. The van der Waals surface area contributed by atoms with Gasteiger partial charge in [-0.25, -0.2) is 0 Å². The van der Waals surface area contributed by atoms with Crippen molar-refractivity contribution in [2.45, 2.75) is 26.7 Å². The van der Waals surface area contributed by atoms with Gasteiger partial charge in [0, 0.05) is 9.89 Å². The van der Waals surface area contributed by atoms with Crippen LogP contribution in [0.25, 0.3) is 0 Å². The number of hydrogen-bond acceptors (Lipinski definition) is 2. The van der Waals surface area contributed by atoms with Gasteiger partial charge in [-0.15, -0.1) is 0 Å². The minimum absolute atomic E-state index is 0.0481. The van der Waals surface area contributed by atoms with Gasteiger partial charge in [-0.3, -0.25) is 4.79 Å². The summed E-state index contributed by atoms with van der Waals surface area (Å²) in [6.45, 7) is 5.49. The minimum atomic E-state index is -0.683. The molecular formula is C13H14BrNO. The fraction of sp³-hybridized carbons (Fsp3) is 0.385. The number of nitriles is 1. The molecule has 0 N–H and O–H groups in total. The van der Waals surface area contributed by atoms with Crippen molar-refractivity contribution in [1.29, 1.82) is 5.26 Å². The van der Waals surface area contributed by atoms with E-state index in [4.69, 9.17) is 5.26 Å². The largest absolute Gasteiger partial charge is 0.297 e. The van der Waals surface area contributed by atoms with Gasteiger partial charge >= 0.3 is 0 Å². The zero-order chi connectivity index (χ0) is 12.3. The van der Waals surface area contributed by atoms with E-state index in [1.807, 2.05) is 45.0 Å². The van der Waals surface area contributed by atoms with Gasteiger partial charge in [0.25, 0.3) is 0 Å². The summed E-state index contributed by atoms with van der Waals surface area (Å²) in [7, 11) is 0. The molecule has 0 aliphatic carbocycles. The summed E-state index contributed by atoms with van der Waals surface area (Å²) < 4.78 is 0.881. The third kappa shape index (κ3) is 2.93. The molecule has 2 nitrogen and oxygen atoms in total. The number of benzene rings is 1. The molecule has 1 unspecified atom stereocenters. The van der Waals surface area contributed by atoms with Crippen molar-refractivity contribution < 1.29 is 4.79 Å². The van der Waals surface area contributed by atoms with Crippen LogP contribution in [0, 0.1) is 16.7 Å². The molecule has 1 aromatic carbocycles. The monoisotopic (exact) mass is 279 g/mol. The van der Waals surface area contributed by atoms with Crippen LogP contribution < -0.4 is 0 Å². The van der Waals surface area contributed by atoms with Crippen molar-refractivity contribution in [3.8, 4) is 6.07 Å². The third-order valence-corrected chi connectivity index (χ3v) is 2.81. The van der Waals surface area contributed by atoms with Crippen LogP contribution in [0.3, 0.4) is 0 Å². The predicted molar refractivity (Wildman–Crippen MR) is 67.0 cm³/mol. The van der Waals surface area contributed by atoms with Crippen LogP contribution in [-0.2, 0) is 4.79 Å². The van der Waals surface area contributed by atoms with E-state index >= 15 is 0 Å². The Morgan fingerprint density at radius 1 is 1.44 bits per heavy atom. The van der Waals surface area contributed by atoms with E-state index in [0.717, 1.165) is 10.0 Å². The summed E-state index contributed by atoms with van der Waals surface area (Å²) in [5.74, 6) is -0.731. The molecule has 1 rings (SSSR count). The lowest BCUT2D eigenvalue weighted by atomic mass is 9.80. The Morgan fingerprint density at radius 2 is 2.06 bits per heavy atom. The van der Waals surface area contributed by atoms with Gasteiger partial charge in [-0.2, -0.15) is 5.26 Å². The molecule has 84 valence electrons. The molecular weight excluding hydrogens is 266 g/mol. The molecule has 1 aromatic rings. The van der Waals surface area contributed by atoms with E-state index in [0.29, 0.717) is 0 Å². The molecule has 0 amide bonds. The van der Waals surface area contributed by atoms with Gasteiger partial charge < -0.3 is 0 Å². The highest BCUT2D eigenvalue weighted by molar-refractivity contribution is 9.10. The maximum absolute atomic E-state index is 12.1. The Morgan fingerprint density at radius 3 is 2.50 bits per heavy atom. The highest BCUT2D eigenvalue weighted by atomic mass is 79.9. The molecule has 0 fully saturated rings. The summed E-state index contributed by atoms with van der Waals surface area (Å²) in [5.41, 5.74) is 0.250. The molecule has 0 heterocycles. The first-order valence-electron chi connectivity index (χ1n) is 5.05. The normalized spacial score (nSPS) is 12.9. The van der Waals surface area contributed by atoms with E-state index in [1.165, 1.54) is 0 Å². The molecule has 16 heavy (non-hydrogen) atoms. The predicted octanol–water partition coefficient (Wildman–Crippen LogP) is 3.67. The number of ketones is 1. The summed E-state index contributed by atoms with van der Waals surface area (Å²) in [4.78, 5) is 12.1. The number of nitrogens with zero attached hydrogens (tertiary/aromatic N) is 1. The van der Waals surface area contributed by atoms with Crippen LogP contribution in [0.2, 0.25) is 0 Å². The number of Topliss-reactive ketones (excluding diaryl/α,β-unsaturated/α-hetero) is 1. The Labute approximate surface area is 104 Å². The zero-order valence-electron chi connectivity index (χ0n) is 9.62. The van der Waals surface area contributed by atoms with Crippen molar-refractivity contribution in [1.82, 2.24) is 0 Å². The summed E-state index contributed by atoms with van der Waals surface area (Å²) in [6, 6.07) is 9.41. The number of halogens is 1. The molecule has 0 aromatic heterocycles. The second kappa shape index (κ2) is 4.80. The van der Waals surface area contributed by atoms with Crippen molar-refractivity contribution in [3.05, 3.63) is 34.3 Å². The first-order chi connectivity index (χ1) is 7.36. The van der Waals surface area contributed by atoms with Gasteiger partial charge in [0.2, 0.25) is 0 Å². The van der Waals surface area contributed by atoms with E-state index in [-0.39, 0.29) is 5.78 Å². The lowest BCUT2D eigenvalue weighted by Crippen LogP contribution is -2.26. The standard InChI is InChI=1S/C13H14BrNO/c1-13(2,3)12(16)11(8-15)9-5-4-6-10(14)7-9/h4-7,11H,1-3H3. The van der Waals surface area contributed by atoms with Gasteiger partial charge in [0.15, 0.2) is 5.78 Å². The van der Waals surface area contributed by atoms with Crippen LogP contribution in [-0.4, -0.2) is 5.78 Å². The number of carbonyl (C=O) groups excluding carboxylic acids is 1. The second-order valence-electron chi connectivity index (χ2n) is 4.73. The Bertz CT molecular complexity index is 440. The van der Waals surface area contributed by atoms with E-state index in [2.05, 4.69) is 22.0 Å². The van der Waals surface area contributed by atoms with E-state index in [9.17, 15) is 4.79 Å². The van der Waals surface area contributed by atoms with Crippen LogP contribution in [0.15, 0.2) is 28.7 Å². The lowest BCUT2D eigenvalue weighted by Gasteiger charge is -2.20. The average molecular weight is 280 g/mol. The molecule has 0 saturated heterocycles. The highest BCUT2D eigenvalue weighted by Crippen LogP contribution is 2.28. The topological polar surface area (TPSA) is 40.9 Å². The van der Waals surface area contributed by atoms with Crippen molar-refractivity contribution in [2.24, 2.45) is 5.41 Å². The van der Waals surface area contributed by atoms with Gasteiger partial charge in [-0.1, -0.05) is 48.8 Å². The fourth-order valence-corrected chi connectivity index (χ4v) is 1.82. The molecule has 0 aliphatic heterocycles. The fourth-order valence-electron chi connectivity index (χ4n) is 1.40. The SMILES string of the molecule is CC(C)(C)C(=O)C(C#N)c1cccc(Br)c1. The van der Waals surface area contributed by atoms with E-state index in [1.54, 1.807) is 0 Å². The molecule has 0 saturated carbocycles. The zero-order valence-corrected chi connectivity index (χ0v) is 11.2. The Kier molecular flexibility index (Phi) is 3.88. The maximum Gasteiger partial charge on any atom is 0.159 e. The molecule has 0 spiro atoms. The van der Waals surface area contributed by atoms with Gasteiger partial charge in [0.1, 0.15) is 5.92 Å². The second-order valence-corrected chi connectivity index (χ2v) is 5.65. The molecule has 0 aliphatic rings. The first-order valence-corrected chi connectivity index (χ1v) is 5.85. The van der Waals surface area contributed by atoms with Crippen molar-refractivity contribution in [2.75, 3.05) is 0 Å². The van der Waals surface area contributed by atoms with Gasteiger partial charge in [-0.05, 0) is 17.7 Å². The molecule has 0 bridgehead atoms. The maximum atomic E-state index is 12.1. The van der Waals surface area contributed by atoms with Crippen molar-refractivity contribution >= 4 is 21.7 Å². The number of rotatable bonds is 2. The van der Waals surface area contributed by atoms with Gasteiger partial charge in [0.05, 0.1) is 6.07 Å². The van der Waals surface area contributed by atoms with Crippen LogP contribution in [0.4, 0.5) is 0 Å². The average Bonchev–Trinajstić information content (AvgIpc) is 2.17. The lowest BCUT2D eigenvalue weighted by molar-refractivity contribution is -0.126. The Balaban J connectivity index is 3.10. The first kappa shape index (κ1) is 12.9. The highest BCUT2D eigenvalue weighted by Gasteiger charge is 2.30. The number of hydrogen-bond donors (Lipinski definition) is 0. The van der Waals surface area contributed by atoms with Crippen molar-refractivity contribution in [3.63, 3.8) is 0 Å². The smallest absolute Gasteiger partial charge is 0.159 e. The molecule has 0 radical (unpaired) electrons.